The van der Waals surface area contributed by atoms with E-state index < -0.39 is 17.9 Å². The summed E-state index contributed by atoms with van der Waals surface area (Å²) in [5, 5.41) is 2.54. The number of nitrogens with zero attached hydrogens (tertiary/aromatic N) is 3. The number of amides is 1. The van der Waals surface area contributed by atoms with Crippen LogP contribution >= 0.6 is 0 Å². The molecule has 0 aromatic carbocycles. The Morgan fingerprint density at radius 3 is 2.58 bits per heavy atom. The van der Waals surface area contributed by atoms with Crippen molar-refractivity contribution >= 4 is 5.91 Å². The van der Waals surface area contributed by atoms with Gasteiger partial charge in [0.1, 0.15) is 0 Å². The highest BCUT2D eigenvalue weighted by molar-refractivity contribution is 5.93. The molecule has 1 aliphatic rings. The van der Waals surface area contributed by atoms with Gasteiger partial charge < -0.3 is 25.1 Å². The first kappa shape index (κ1) is 20.6. The molecule has 1 aromatic heterocycles. The Bertz CT molecular complexity index is 606. The number of alkyl halides is 3. The lowest BCUT2D eigenvalue weighted by atomic mass is 10.2. The topological polar surface area (TPSA) is 94.6 Å². The molecular weight excluding hydrogens is 355 g/mol. The predicted octanol–water partition coefficient (Wildman–Crippen LogP) is 0.0690. The van der Waals surface area contributed by atoms with Crippen LogP contribution in [0.25, 0.3) is 0 Å². The quantitative estimate of drug-likeness (QED) is 0.590. The van der Waals surface area contributed by atoms with E-state index in [0.29, 0.717) is 32.9 Å². The summed E-state index contributed by atoms with van der Waals surface area (Å²) in [7, 11) is 1.78. The molecule has 0 atom stereocenters. The number of fused-ring (bicyclic) bond motifs is 1. The molecule has 1 aliphatic heterocycles. The van der Waals surface area contributed by atoms with Crippen molar-refractivity contribution in [1.82, 2.24) is 19.8 Å². The second kappa shape index (κ2) is 9.31. The van der Waals surface area contributed by atoms with Crippen molar-refractivity contribution in [1.29, 1.82) is 0 Å². The third-order valence-corrected chi connectivity index (χ3v) is 3.83. The molecule has 0 fully saturated rings. The van der Waals surface area contributed by atoms with Crippen LogP contribution in [-0.2, 0) is 28.7 Å². The summed E-state index contributed by atoms with van der Waals surface area (Å²) >= 11 is 0. The summed E-state index contributed by atoms with van der Waals surface area (Å²) in [6.45, 7) is 2.85. The second-order valence-electron chi connectivity index (χ2n) is 5.89. The van der Waals surface area contributed by atoms with E-state index in [9.17, 15) is 18.0 Å². The third-order valence-electron chi connectivity index (χ3n) is 3.83. The van der Waals surface area contributed by atoms with Gasteiger partial charge in [0.2, 0.25) is 5.82 Å². The Balaban J connectivity index is 1.91. The fourth-order valence-corrected chi connectivity index (χ4v) is 2.62. The number of nitrogens with one attached hydrogen (secondary N) is 1. The van der Waals surface area contributed by atoms with Gasteiger partial charge >= 0.3 is 6.18 Å². The van der Waals surface area contributed by atoms with Crippen LogP contribution in [0.15, 0.2) is 0 Å². The molecule has 0 saturated heterocycles. The molecule has 2 heterocycles. The SMILES string of the molecule is CN1CCn2c(C(F)(F)F)nc(C(=O)NCCOCCOCCN)c2C1. The molecular formula is C15H24F3N5O3. The Hall–Kier alpha value is -1.69. The zero-order chi connectivity index (χ0) is 19.2. The molecule has 0 unspecified atom stereocenters. The molecule has 0 saturated carbocycles. The number of imidazole rings is 1. The zero-order valence-electron chi connectivity index (χ0n) is 14.6. The summed E-state index contributed by atoms with van der Waals surface area (Å²) in [5.41, 5.74) is 5.36. The number of carbonyl (C=O) groups excluding carboxylic acids is 1. The molecule has 148 valence electrons. The van der Waals surface area contributed by atoms with Gasteiger partial charge in [-0.2, -0.15) is 13.2 Å². The van der Waals surface area contributed by atoms with E-state index in [0.717, 1.165) is 4.57 Å². The molecule has 1 amide bonds. The molecule has 2 rings (SSSR count). The summed E-state index contributed by atoms with van der Waals surface area (Å²) in [4.78, 5) is 17.7. The minimum atomic E-state index is -4.60. The maximum atomic E-state index is 13.2. The summed E-state index contributed by atoms with van der Waals surface area (Å²) in [6, 6.07) is 0. The molecule has 26 heavy (non-hydrogen) atoms. The lowest BCUT2D eigenvalue weighted by Crippen LogP contribution is -2.34. The normalized spacial score (nSPS) is 15.1. The number of hydrogen-bond acceptors (Lipinski definition) is 6. The molecule has 8 nitrogen and oxygen atoms in total. The van der Waals surface area contributed by atoms with E-state index in [1.807, 2.05) is 4.90 Å². The van der Waals surface area contributed by atoms with Crippen molar-refractivity contribution in [2.24, 2.45) is 5.73 Å². The highest BCUT2D eigenvalue weighted by Crippen LogP contribution is 2.32. The van der Waals surface area contributed by atoms with E-state index in [2.05, 4.69) is 10.3 Å². The van der Waals surface area contributed by atoms with Crippen molar-refractivity contribution in [3.05, 3.63) is 17.2 Å². The average Bonchev–Trinajstić information content (AvgIpc) is 2.96. The van der Waals surface area contributed by atoms with E-state index >= 15 is 0 Å². The van der Waals surface area contributed by atoms with E-state index in [4.69, 9.17) is 15.2 Å². The second-order valence-corrected chi connectivity index (χ2v) is 5.89. The average molecular weight is 379 g/mol. The molecule has 0 bridgehead atoms. The van der Waals surface area contributed by atoms with Gasteiger partial charge in [0.15, 0.2) is 5.69 Å². The summed E-state index contributed by atoms with van der Waals surface area (Å²) in [6.07, 6.45) is -4.60. The highest BCUT2D eigenvalue weighted by Gasteiger charge is 2.40. The number of hydrogen-bond donors (Lipinski definition) is 2. The van der Waals surface area contributed by atoms with Crippen molar-refractivity contribution in [3.63, 3.8) is 0 Å². The number of ether oxygens (including phenoxy) is 2. The maximum absolute atomic E-state index is 13.2. The van der Waals surface area contributed by atoms with Crippen molar-refractivity contribution in [3.8, 4) is 0 Å². The van der Waals surface area contributed by atoms with Gasteiger partial charge in [-0.25, -0.2) is 4.98 Å². The van der Waals surface area contributed by atoms with E-state index in [1.165, 1.54) is 0 Å². The standard InChI is InChI=1S/C15H24F3N5O3/c1-22-4-5-23-11(10-22)12(21-14(23)15(16,17)18)13(24)20-3-7-26-9-8-25-6-2-19/h2-10,19H2,1H3,(H,20,24). The van der Waals surface area contributed by atoms with Gasteiger partial charge in [-0.3, -0.25) is 9.69 Å². The monoisotopic (exact) mass is 379 g/mol. The Kier molecular flexibility index (Phi) is 7.38. The summed E-state index contributed by atoms with van der Waals surface area (Å²) in [5.74, 6) is -1.67. The Morgan fingerprint density at radius 1 is 1.23 bits per heavy atom. The molecule has 0 spiro atoms. The van der Waals surface area contributed by atoms with Gasteiger partial charge in [-0.15, -0.1) is 0 Å². The van der Waals surface area contributed by atoms with Gasteiger partial charge in [-0.1, -0.05) is 0 Å². The van der Waals surface area contributed by atoms with Crippen LogP contribution in [0.5, 0.6) is 0 Å². The maximum Gasteiger partial charge on any atom is 0.449 e. The van der Waals surface area contributed by atoms with Crippen LogP contribution in [0.2, 0.25) is 0 Å². The first-order valence-electron chi connectivity index (χ1n) is 8.33. The molecule has 3 N–H and O–H groups in total. The number of nitrogens with two attached hydrogens (primary N) is 1. The number of likely N-dealkylation sites (N-methyl/N-ethyl adjacent to an activating group) is 1. The fraction of sp³-hybridized carbons (Fsp3) is 0.733. The number of rotatable bonds is 9. The van der Waals surface area contributed by atoms with Crippen LogP contribution in [0, 0.1) is 0 Å². The van der Waals surface area contributed by atoms with E-state index in [-0.39, 0.29) is 37.6 Å². The van der Waals surface area contributed by atoms with Crippen LogP contribution in [0.4, 0.5) is 13.2 Å². The fourth-order valence-electron chi connectivity index (χ4n) is 2.62. The van der Waals surface area contributed by atoms with Gasteiger partial charge in [0.25, 0.3) is 5.91 Å². The predicted molar refractivity (Wildman–Crippen MR) is 86.6 cm³/mol. The summed E-state index contributed by atoms with van der Waals surface area (Å²) < 4.78 is 51.0. The van der Waals surface area contributed by atoms with Crippen LogP contribution in [-0.4, -0.2) is 73.5 Å². The number of aromatic nitrogens is 2. The van der Waals surface area contributed by atoms with Gasteiger partial charge in [-0.05, 0) is 7.05 Å². The van der Waals surface area contributed by atoms with Crippen molar-refractivity contribution < 1.29 is 27.4 Å². The van der Waals surface area contributed by atoms with Crippen molar-refractivity contribution in [2.45, 2.75) is 19.3 Å². The highest BCUT2D eigenvalue weighted by atomic mass is 19.4. The molecule has 0 radical (unpaired) electrons. The minimum Gasteiger partial charge on any atom is -0.378 e. The van der Waals surface area contributed by atoms with Gasteiger partial charge in [0.05, 0.1) is 32.1 Å². The van der Waals surface area contributed by atoms with Crippen LogP contribution < -0.4 is 11.1 Å². The smallest absolute Gasteiger partial charge is 0.378 e. The number of carbonyl (C=O) groups is 1. The van der Waals surface area contributed by atoms with Gasteiger partial charge in [0, 0.05) is 32.7 Å². The third kappa shape index (κ3) is 5.40. The first-order chi connectivity index (χ1) is 12.3. The number of halogens is 3. The molecule has 0 aliphatic carbocycles. The van der Waals surface area contributed by atoms with Crippen LogP contribution in [0.3, 0.4) is 0 Å². The van der Waals surface area contributed by atoms with Crippen molar-refractivity contribution in [2.75, 3.05) is 53.1 Å². The molecule has 1 aromatic rings. The van der Waals surface area contributed by atoms with Crippen LogP contribution in [0.1, 0.15) is 22.0 Å². The molecule has 11 heteroatoms. The Labute approximate surface area is 149 Å². The van der Waals surface area contributed by atoms with E-state index in [1.54, 1.807) is 7.05 Å². The largest absolute Gasteiger partial charge is 0.449 e. The first-order valence-corrected chi connectivity index (χ1v) is 8.33. The minimum absolute atomic E-state index is 0.146. The lowest BCUT2D eigenvalue weighted by Gasteiger charge is -2.25. The zero-order valence-corrected chi connectivity index (χ0v) is 14.6. The Morgan fingerprint density at radius 2 is 1.92 bits per heavy atom. The lowest BCUT2D eigenvalue weighted by molar-refractivity contribution is -0.147.